The molecule has 2 aliphatic heterocycles. The maximum Gasteiger partial charge on any atom is 0.273 e. The van der Waals surface area contributed by atoms with Crippen LogP contribution in [0.2, 0.25) is 0 Å². The first-order chi connectivity index (χ1) is 15.5. The van der Waals surface area contributed by atoms with Crippen LogP contribution < -0.4 is 4.74 Å². The molecule has 2 aromatic heterocycles. The Labute approximate surface area is 186 Å². The van der Waals surface area contributed by atoms with Crippen molar-refractivity contribution < 1.29 is 13.9 Å². The molecule has 2 atom stereocenters. The molecule has 6 rings (SSSR count). The minimum Gasteiger partial charge on any atom is -0.491 e. The van der Waals surface area contributed by atoms with E-state index < -0.39 is 0 Å². The molecule has 164 valence electrons. The molecule has 2 saturated heterocycles. The summed E-state index contributed by atoms with van der Waals surface area (Å²) in [6.45, 7) is 4.41. The number of halogens is 1. The Bertz CT molecular complexity index is 1120. The van der Waals surface area contributed by atoms with Gasteiger partial charge in [0, 0.05) is 24.1 Å². The molecular formula is C25H25FN4O2. The molecule has 0 radical (unpaired) electrons. The van der Waals surface area contributed by atoms with Gasteiger partial charge in [0.1, 0.15) is 23.9 Å². The monoisotopic (exact) mass is 432 g/mol. The lowest BCUT2D eigenvalue weighted by Gasteiger charge is -2.57. The Morgan fingerprint density at radius 1 is 1.12 bits per heavy atom. The van der Waals surface area contributed by atoms with Crippen LogP contribution in [0, 0.1) is 24.6 Å². The molecule has 1 amide bonds. The Morgan fingerprint density at radius 2 is 1.84 bits per heavy atom. The topological polar surface area (TPSA) is 68.2 Å². The van der Waals surface area contributed by atoms with Crippen molar-refractivity contribution in [2.45, 2.75) is 38.8 Å². The second kappa shape index (κ2) is 8.30. The maximum absolute atomic E-state index is 13.9. The van der Waals surface area contributed by atoms with E-state index in [1.165, 1.54) is 12.1 Å². The highest BCUT2D eigenvalue weighted by Gasteiger charge is 2.51. The number of rotatable bonds is 5. The minimum absolute atomic E-state index is 0.0862. The number of hydrogen-bond donors (Lipinski definition) is 0. The summed E-state index contributed by atoms with van der Waals surface area (Å²) in [7, 11) is 0. The summed E-state index contributed by atoms with van der Waals surface area (Å²) in [6.07, 6.45) is 5.33. The van der Waals surface area contributed by atoms with Crippen LogP contribution in [0.5, 0.6) is 5.75 Å². The number of aryl methyl sites for hydroxylation is 1. The SMILES string of the molecule is Cc1ccc(-c2ncccn2)c(C(=O)N2C3CC(C3)C(C)C2COc2ccc(F)cc2)n1. The summed E-state index contributed by atoms with van der Waals surface area (Å²) >= 11 is 0. The van der Waals surface area contributed by atoms with E-state index >= 15 is 0 Å². The molecule has 4 heterocycles. The predicted octanol–water partition coefficient (Wildman–Crippen LogP) is 4.30. The highest BCUT2D eigenvalue weighted by molar-refractivity contribution is 5.98. The third-order valence-electron chi connectivity index (χ3n) is 6.76. The molecule has 3 aromatic rings. The molecule has 0 spiro atoms. The molecule has 2 bridgehead atoms. The largest absolute Gasteiger partial charge is 0.491 e. The van der Waals surface area contributed by atoms with Gasteiger partial charge in [-0.25, -0.2) is 19.3 Å². The molecule has 2 unspecified atom stereocenters. The van der Waals surface area contributed by atoms with Crippen molar-refractivity contribution in [1.82, 2.24) is 19.9 Å². The maximum atomic E-state index is 13.9. The summed E-state index contributed by atoms with van der Waals surface area (Å²) in [5.74, 6) is 1.55. The lowest BCUT2D eigenvalue weighted by atomic mass is 9.64. The summed E-state index contributed by atoms with van der Waals surface area (Å²) in [5.41, 5.74) is 1.78. The van der Waals surface area contributed by atoms with Crippen molar-refractivity contribution in [3.8, 4) is 17.1 Å². The predicted molar refractivity (Wildman–Crippen MR) is 118 cm³/mol. The quantitative estimate of drug-likeness (QED) is 0.601. The number of amides is 1. The van der Waals surface area contributed by atoms with Gasteiger partial charge in [-0.15, -0.1) is 0 Å². The van der Waals surface area contributed by atoms with Crippen molar-refractivity contribution in [2.24, 2.45) is 11.8 Å². The third kappa shape index (κ3) is 3.72. The van der Waals surface area contributed by atoms with Gasteiger partial charge < -0.3 is 9.64 Å². The van der Waals surface area contributed by atoms with Gasteiger partial charge in [0.25, 0.3) is 5.91 Å². The Hall–Kier alpha value is -3.35. The van der Waals surface area contributed by atoms with Crippen LogP contribution in [0.3, 0.4) is 0 Å². The van der Waals surface area contributed by atoms with E-state index in [9.17, 15) is 9.18 Å². The molecule has 1 aromatic carbocycles. The summed E-state index contributed by atoms with van der Waals surface area (Å²) in [6, 6.07) is 11.6. The van der Waals surface area contributed by atoms with Gasteiger partial charge in [0.15, 0.2) is 5.82 Å². The average Bonchev–Trinajstić information content (AvgIpc) is 2.78. The Morgan fingerprint density at radius 3 is 2.56 bits per heavy atom. The van der Waals surface area contributed by atoms with Crippen LogP contribution in [0.15, 0.2) is 54.9 Å². The van der Waals surface area contributed by atoms with Crippen molar-refractivity contribution in [1.29, 1.82) is 0 Å². The van der Waals surface area contributed by atoms with Crippen molar-refractivity contribution >= 4 is 5.91 Å². The second-order valence-corrected chi connectivity index (χ2v) is 8.71. The number of carbonyl (C=O) groups excluding carboxylic acids is 1. The molecule has 1 saturated carbocycles. The van der Waals surface area contributed by atoms with E-state index in [4.69, 9.17) is 4.74 Å². The molecular weight excluding hydrogens is 407 g/mol. The number of benzene rings is 1. The fourth-order valence-corrected chi connectivity index (χ4v) is 4.85. The summed E-state index contributed by atoms with van der Waals surface area (Å²) in [4.78, 5) is 29.1. The lowest BCUT2D eigenvalue weighted by molar-refractivity contribution is -0.0672. The van der Waals surface area contributed by atoms with Crippen molar-refractivity contribution in [2.75, 3.05) is 6.61 Å². The van der Waals surface area contributed by atoms with Crippen LogP contribution in [0.25, 0.3) is 11.4 Å². The fourth-order valence-electron chi connectivity index (χ4n) is 4.85. The van der Waals surface area contributed by atoms with Gasteiger partial charge in [-0.05, 0) is 74.1 Å². The highest BCUT2D eigenvalue weighted by Crippen LogP contribution is 2.47. The van der Waals surface area contributed by atoms with Crippen LogP contribution in [-0.4, -0.2) is 44.4 Å². The van der Waals surface area contributed by atoms with Gasteiger partial charge in [-0.1, -0.05) is 6.92 Å². The normalized spacial score (nSPS) is 24.0. The first kappa shape index (κ1) is 20.5. The van der Waals surface area contributed by atoms with Crippen LogP contribution in [-0.2, 0) is 0 Å². The molecule has 1 aliphatic carbocycles. The number of carbonyl (C=O) groups is 1. The van der Waals surface area contributed by atoms with E-state index in [1.54, 1.807) is 30.6 Å². The van der Waals surface area contributed by atoms with Crippen LogP contribution in [0.1, 0.15) is 35.9 Å². The highest BCUT2D eigenvalue weighted by atomic mass is 19.1. The Balaban J connectivity index is 1.46. The molecule has 6 nitrogen and oxygen atoms in total. The van der Waals surface area contributed by atoms with E-state index in [0.29, 0.717) is 41.3 Å². The summed E-state index contributed by atoms with van der Waals surface area (Å²) in [5, 5.41) is 0. The average molecular weight is 432 g/mol. The third-order valence-corrected chi connectivity index (χ3v) is 6.76. The minimum atomic E-state index is -0.303. The molecule has 3 fully saturated rings. The standard InChI is InChI=1S/C25H25FN4O2/c1-15-4-9-21(24-27-10-3-11-28-24)23(29-15)25(31)30-19-12-17(13-19)16(2)22(30)14-32-20-7-5-18(26)6-8-20/h3-11,16-17,19,22H,12-14H2,1-2H3. The van der Waals surface area contributed by atoms with Gasteiger partial charge in [-0.3, -0.25) is 4.79 Å². The number of aromatic nitrogens is 3. The van der Waals surface area contributed by atoms with Crippen LogP contribution >= 0.6 is 0 Å². The number of piperidine rings is 2. The molecule has 32 heavy (non-hydrogen) atoms. The lowest BCUT2D eigenvalue weighted by Crippen LogP contribution is -2.64. The summed E-state index contributed by atoms with van der Waals surface area (Å²) < 4.78 is 19.2. The van der Waals surface area contributed by atoms with Gasteiger partial charge in [0.05, 0.1) is 11.6 Å². The van der Waals surface area contributed by atoms with Gasteiger partial charge in [0.2, 0.25) is 0 Å². The van der Waals surface area contributed by atoms with E-state index in [2.05, 4.69) is 21.9 Å². The smallest absolute Gasteiger partial charge is 0.273 e. The van der Waals surface area contributed by atoms with E-state index in [-0.39, 0.29) is 23.8 Å². The zero-order valence-corrected chi connectivity index (χ0v) is 18.1. The second-order valence-electron chi connectivity index (χ2n) is 8.71. The van der Waals surface area contributed by atoms with Crippen molar-refractivity contribution in [3.63, 3.8) is 0 Å². The first-order valence-corrected chi connectivity index (χ1v) is 11.0. The first-order valence-electron chi connectivity index (χ1n) is 11.0. The number of hydrogen-bond acceptors (Lipinski definition) is 5. The van der Waals surface area contributed by atoms with Crippen molar-refractivity contribution in [3.05, 3.63) is 72.1 Å². The number of fused-ring (bicyclic) bond motifs is 2. The number of ether oxygens (including phenoxy) is 1. The molecule has 0 N–H and O–H groups in total. The zero-order valence-electron chi connectivity index (χ0n) is 18.1. The van der Waals surface area contributed by atoms with Crippen LogP contribution in [0.4, 0.5) is 4.39 Å². The number of pyridine rings is 1. The van der Waals surface area contributed by atoms with Gasteiger partial charge >= 0.3 is 0 Å². The molecule has 7 heteroatoms. The van der Waals surface area contributed by atoms with E-state index in [1.807, 2.05) is 24.0 Å². The van der Waals surface area contributed by atoms with E-state index in [0.717, 1.165) is 18.5 Å². The molecule has 3 aliphatic rings. The fraction of sp³-hybridized carbons (Fsp3) is 0.360. The van der Waals surface area contributed by atoms with Gasteiger partial charge in [-0.2, -0.15) is 0 Å². The zero-order chi connectivity index (χ0) is 22.2. The number of nitrogens with zero attached hydrogens (tertiary/aromatic N) is 4. The Kier molecular flexibility index (Phi) is 5.33.